The fraction of sp³-hybridized carbons (Fsp3) is 0.900. The third-order valence-electron chi connectivity index (χ3n) is 3.05. The number of carbonyl (C=O) groups excluding carboxylic acids is 1. The minimum Gasteiger partial charge on any atom is -0.313 e. The summed E-state index contributed by atoms with van der Waals surface area (Å²) in [5, 5.41) is 3.52. The van der Waals surface area contributed by atoms with Gasteiger partial charge in [0.1, 0.15) is 5.78 Å². The summed E-state index contributed by atoms with van der Waals surface area (Å²) in [5.74, 6) is 3.24. The Bertz CT molecular complexity index is 193. The van der Waals surface area contributed by atoms with Crippen molar-refractivity contribution in [3.05, 3.63) is 0 Å². The molecule has 0 aromatic rings. The van der Waals surface area contributed by atoms with Crippen LogP contribution >= 0.6 is 11.8 Å². The molecule has 0 aromatic carbocycles. The highest BCUT2D eigenvalue weighted by Crippen LogP contribution is 2.26. The molecule has 3 heteroatoms. The van der Waals surface area contributed by atoms with Crippen molar-refractivity contribution in [3.63, 3.8) is 0 Å². The van der Waals surface area contributed by atoms with Gasteiger partial charge in [-0.05, 0) is 37.3 Å². The van der Waals surface area contributed by atoms with E-state index >= 15 is 0 Å². The summed E-state index contributed by atoms with van der Waals surface area (Å²) >= 11 is 2.00. The number of thioether (sulfide) groups is 1. The summed E-state index contributed by atoms with van der Waals surface area (Å²) in [5.41, 5.74) is 0. The second kappa shape index (κ2) is 4.47. The molecular formula is C10H17NOS. The Morgan fingerprint density at radius 1 is 1.31 bits per heavy atom. The lowest BCUT2D eigenvalue weighted by Crippen LogP contribution is -2.37. The normalized spacial score (nSPS) is 36.2. The zero-order chi connectivity index (χ0) is 9.10. The molecule has 2 atom stereocenters. The summed E-state index contributed by atoms with van der Waals surface area (Å²) in [7, 11) is 0. The van der Waals surface area contributed by atoms with Gasteiger partial charge in [0.05, 0.1) is 0 Å². The van der Waals surface area contributed by atoms with Crippen LogP contribution in [0.25, 0.3) is 0 Å². The minimum atomic E-state index is 0.331. The van der Waals surface area contributed by atoms with Crippen LogP contribution in [0.5, 0.6) is 0 Å². The number of rotatable bonds is 0. The van der Waals surface area contributed by atoms with Crippen molar-refractivity contribution in [1.82, 2.24) is 5.32 Å². The van der Waals surface area contributed by atoms with Gasteiger partial charge in [-0.3, -0.25) is 4.79 Å². The molecule has 2 aliphatic heterocycles. The summed E-state index contributed by atoms with van der Waals surface area (Å²) in [6.07, 6.45) is 4.13. The van der Waals surface area contributed by atoms with Crippen molar-refractivity contribution < 1.29 is 4.79 Å². The zero-order valence-corrected chi connectivity index (χ0v) is 8.74. The van der Waals surface area contributed by atoms with Crippen LogP contribution in [0.15, 0.2) is 0 Å². The summed E-state index contributed by atoms with van der Waals surface area (Å²) in [6, 6.07) is 0.491. The van der Waals surface area contributed by atoms with Crippen molar-refractivity contribution in [3.8, 4) is 0 Å². The maximum absolute atomic E-state index is 11.8. The van der Waals surface area contributed by atoms with E-state index in [1.165, 1.54) is 17.9 Å². The Hall–Kier alpha value is -0.0200. The Balaban J connectivity index is 2.07. The smallest absolute Gasteiger partial charge is 0.137 e. The van der Waals surface area contributed by atoms with Gasteiger partial charge in [-0.15, -0.1) is 0 Å². The number of carbonyl (C=O) groups is 1. The van der Waals surface area contributed by atoms with Gasteiger partial charge in [0.15, 0.2) is 0 Å². The highest BCUT2D eigenvalue weighted by Gasteiger charge is 2.30. The third-order valence-corrected chi connectivity index (χ3v) is 4.10. The van der Waals surface area contributed by atoms with Gasteiger partial charge in [-0.25, -0.2) is 0 Å². The molecule has 0 spiro atoms. The fourth-order valence-corrected chi connectivity index (χ4v) is 3.34. The lowest BCUT2D eigenvalue weighted by Gasteiger charge is -2.21. The van der Waals surface area contributed by atoms with E-state index in [2.05, 4.69) is 5.32 Å². The van der Waals surface area contributed by atoms with E-state index in [9.17, 15) is 4.79 Å². The van der Waals surface area contributed by atoms with E-state index in [0.717, 1.165) is 25.8 Å². The maximum atomic E-state index is 11.8. The van der Waals surface area contributed by atoms with Gasteiger partial charge in [0.2, 0.25) is 0 Å². The Kier molecular flexibility index (Phi) is 3.28. The molecule has 2 rings (SSSR count). The van der Waals surface area contributed by atoms with Crippen molar-refractivity contribution in [2.75, 3.05) is 18.1 Å². The Morgan fingerprint density at radius 2 is 2.15 bits per heavy atom. The van der Waals surface area contributed by atoms with E-state index in [1.807, 2.05) is 11.8 Å². The van der Waals surface area contributed by atoms with E-state index in [1.54, 1.807) is 0 Å². The van der Waals surface area contributed by atoms with Gasteiger partial charge in [-0.2, -0.15) is 11.8 Å². The fourth-order valence-electron chi connectivity index (χ4n) is 2.29. The number of hydrogen-bond acceptors (Lipinski definition) is 3. The molecule has 0 bridgehead atoms. The minimum absolute atomic E-state index is 0.331. The topological polar surface area (TPSA) is 29.1 Å². The van der Waals surface area contributed by atoms with Gasteiger partial charge >= 0.3 is 0 Å². The SMILES string of the molecule is O=C1CCCNC2CCSCCC12. The monoisotopic (exact) mass is 199 g/mol. The zero-order valence-electron chi connectivity index (χ0n) is 7.92. The molecule has 0 saturated carbocycles. The van der Waals surface area contributed by atoms with Crippen molar-refractivity contribution in [2.24, 2.45) is 5.92 Å². The van der Waals surface area contributed by atoms with Crippen molar-refractivity contribution in [2.45, 2.75) is 31.7 Å². The summed E-state index contributed by atoms with van der Waals surface area (Å²) < 4.78 is 0. The quantitative estimate of drug-likeness (QED) is 0.640. The predicted molar refractivity (Wildman–Crippen MR) is 56.1 cm³/mol. The van der Waals surface area contributed by atoms with Crippen molar-refractivity contribution in [1.29, 1.82) is 0 Å². The number of Topliss-reactive ketones (excluding diaryl/α,β-unsaturated/α-hetero) is 1. The standard InChI is InChI=1S/C10H17NOS/c12-10-2-1-5-11-9-4-7-13-6-3-8(9)10/h8-9,11H,1-7H2. The largest absolute Gasteiger partial charge is 0.313 e. The highest BCUT2D eigenvalue weighted by atomic mass is 32.2. The molecule has 2 saturated heterocycles. The Labute approximate surface area is 83.8 Å². The van der Waals surface area contributed by atoms with Gasteiger partial charge in [0, 0.05) is 18.4 Å². The van der Waals surface area contributed by atoms with Crippen LogP contribution in [0.3, 0.4) is 0 Å². The molecule has 0 aromatic heterocycles. The number of hydrogen-bond donors (Lipinski definition) is 1. The van der Waals surface area contributed by atoms with Gasteiger partial charge < -0.3 is 5.32 Å². The highest BCUT2D eigenvalue weighted by molar-refractivity contribution is 7.99. The third kappa shape index (κ3) is 2.26. The first-order chi connectivity index (χ1) is 6.38. The van der Waals surface area contributed by atoms with Crippen LogP contribution in [-0.2, 0) is 4.79 Å². The number of ketones is 1. The number of nitrogens with one attached hydrogen (secondary N) is 1. The Morgan fingerprint density at radius 3 is 3.08 bits per heavy atom. The molecule has 0 aliphatic carbocycles. The van der Waals surface area contributed by atoms with Crippen LogP contribution in [0.2, 0.25) is 0 Å². The molecule has 1 N–H and O–H groups in total. The van der Waals surface area contributed by atoms with Crippen molar-refractivity contribution >= 4 is 17.5 Å². The first-order valence-electron chi connectivity index (χ1n) is 5.22. The molecule has 2 nitrogen and oxygen atoms in total. The first kappa shape index (κ1) is 9.53. The second-order valence-corrected chi connectivity index (χ2v) is 5.15. The van der Waals surface area contributed by atoms with E-state index in [-0.39, 0.29) is 0 Å². The lowest BCUT2D eigenvalue weighted by molar-refractivity contribution is -0.123. The van der Waals surface area contributed by atoms with E-state index in [4.69, 9.17) is 0 Å². The average Bonchev–Trinajstić information content (AvgIpc) is 2.43. The molecular weight excluding hydrogens is 182 g/mol. The van der Waals surface area contributed by atoms with Gasteiger partial charge in [0.25, 0.3) is 0 Å². The molecule has 2 unspecified atom stereocenters. The van der Waals surface area contributed by atoms with Crippen LogP contribution in [0.4, 0.5) is 0 Å². The maximum Gasteiger partial charge on any atom is 0.137 e. The molecule has 2 aliphatic rings. The predicted octanol–water partition coefficient (Wildman–Crippen LogP) is 1.45. The molecule has 0 radical (unpaired) electrons. The van der Waals surface area contributed by atoms with Crippen LogP contribution in [0.1, 0.15) is 25.7 Å². The average molecular weight is 199 g/mol. The molecule has 74 valence electrons. The summed E-state index contributed by atoms with van der Waals surface area (Å²) in [6.45, 7) is 1.04. The van der Waals surface area contributed by atoms with Crippen LogP contribution < -0.4 is 5.32 Å². The number of fused-ring (bicyclic) bond motifs is 1. The first-order valence-corrected chi connectivity index (χ1v) is 6.37. The lowest BCUT2D eigenvalue weighted by atomic mass is 9.90. The summed E-state index contributed by atoms with van der Waals surface area (Å²) in [4.78, 5) is 11.8. The molecule has 2 fully saturated rings. The van der Waals surface area contributed by atoms with E-state index in [0.29, 0.717) is 17.7 Å². The molecule has 13 heavy (non-hydrogen) atoms. The van der Waals surface area contributed by atoms with Crippen LogP contribution in [-0.4, -0.2) is 29.9 Å². The van der Waals surface area contributed by atoms with Crippen LogP contribution in [0, 0.1) is 5.92 Å². The van der Waals surface area contributed by atoms with Gasteiger partial charge in [-0.1, -0.05) is 0 Å². The molecule has 2 heterocycles. The molecule has 0 amide bonds. The second-order valence-electron chi connectivity index (χ2n) is 3.93. The van der Waals surface area contributed by atoms with E-state index < -0.39 is 0 Å².